The molecular formula is C28H30O9. The molecule has 0 aliphatic carbocycles. The van der Waals surface area contributed by atoms with Crippen molar-refractivity contribution in [2.75, 3.05) is 49.8 Å². The molecule has 9 nitrogen and oxygen atoms in total. The highest BCUT2D eigenvalue weighted by atomic mass is 16.5. The molecule has 0 spiro atoms. The molecule has 1 N–H and O–H groups in total. The van der Waals surface area contributed by atoms with E-state index < -0.39 is 5.97 Å². The van der Waals surface area contributed by atoms with Gasteiger partial charge in [-0.15, -0.1) is 0 Å². The van der Waals surface area contributed by atoms with Gasteiger partial charge in [-0.3, -0.25) is 0 Å². The first-order valence-electron chi connectivity index (χ1n) is 11.1. The predicted octanol–water partition coefficient (Wildman–Crippen LogP) is 5.03. The molecule has 0 amide bonds. The number of methoxy groups -OCH3 is 7. The smallest absolute Gasteiger partial charge is 0.339 e. The normalized spacial score (nSPS) is 10.9. The zero-order valence-electron chi connectivity index (χ0n) is 21.8. The minimum Gasteiger partial charge on any atom is -0.496 e. The molecule has 0 heterocycles. The zero-order chi connectivity index (χ0) is 27.1. The number of aromatic carboxylic acids is 1. The van der Waals surface area contributed by atoms with Crippen molar-refractivity contribution >= 4 is 17.6 Å². The Hall–Kier alpha value is -4.53. The maximum Gasteiger partial charge on any atom is 0.339 e. The van der Waals surface area contributed by atoms with Crippen LogP contribution in [0.5, 0.6) is 40.2 Å². The molecule has 0 atom stereocenters. The molecule has 0 fully saturated rings. The van der Waals surface area contributed by atoms with Crippen LogP contribution >= 0.6 is 0 Å². The lowest BCUT2D eigenvalue weighted by Gasteiger charge is -2.18. The lowest BCUT2D eigenvalue weighted by Crippen LogP contribution is -2.02. The lowest BCUT2D eigenvalue weighted by atomic mass is 9.93. The fourth-order valence-corrected chi connectivity index (χ4v) is 3.96. The Labute approximate surface area is 215 Å². The molecule has 37 heavy (non-hydrogen) atoms. The Morgan fingerprint density at radius 2 is 1.03 bits per heavy atom. The molecule has 9 heteroatoms. The molecule has 3 aromatic rings. The summed E-state index contributed by atoms with van der Waals surface area (Å²) in [6, 6.07) is 12.1. The molecule has 0 saturated carbocycles. The Balaban J connectivity index is 2.36. The van der Waals surface area contributed by atoms with Gasteiger partial charge in [0.1, 0.15) is 11.3 Å². The van der Waals surface area contributed by atoms with Gasteiger partial charge in [0.2, 0.25) is 11.5 Å². The predicted molar refractivity (Wildman–Crippen MR) is 139 cm³/mol. The first-order chi connectivity index (χ1) is 17.8. The summed E-state index contributed by atoms with van der Waals surface area (Å²) in [4.78, 5) is 11.7. The average molecular weight is 511 g/mol. The third-order valence-corrected chi connectivity index (χ3v) is 5.72. The summed E-state index contributed by atoms with van der Waals surface area (Å²) in [6.45, 7) is 0. The van der Waals surface area contributed by atoms with Crippen LogP contribution in [0.1, 0.15) is 27.0 Å². The summed E-state index contributed by atoms with van der Waals surface area (Å²) in [5, 5.41) is 9.56. The van der Waals surface area contributed by atoms with Crippen molar-refractivity contribution in [1.29, 1.82) is 0 Å². The first-order valence-corrected chi connectivity index (χ1v) is 11.1. The van der Waals surface area contributed by atoms with Gasteiger partial charge in [-0.2, -0.15) is 0 Å². The van der Waals surface area contributed by atoms with Gasteiger partial charge in [-0.25, -0.2) is 4.79 Å². The van der Waals surface area contributed by atoms with Gasteiger partial charge < -0.3 is 38.3 Å². The van der Waals surface area contributed by atoms with E-state index in [2.05, 4.69) is 0 Å². The number of ether oxygens (including phenoxy) is 7. The van der Waals surface area contributed by atoms with Crippen LogP contribution in [0.15, 0.2) is 42.5 Å². The molecule has 0 radical (unpaired) electrons. The van der Waals surface area contributed by atoms with E-state index in [1.807, 2.05) is 30.3 Å². The van der Waals surface area contributed by atoms with Crippen LogP contribution in [0.3, 0.4) is 0 Å². The van der Waals surface area contributed by atoms with Crippen molar-refractivity contribution in [1.82, 2.24) is 0 Å². The summed E-state index contributed by atoms with van der Waals surface area (Å²) >= 11 is 0. The maximum atomic E-state index is 11.7. The summed E-state index contributed by atoms with van der Waals surface area (Å²) in [5.74, 6) is 1.92. The van der Waals surface area contributed by atoms with E-state index in [0.717, 1.165) is 5.56 Å². The fraction of sp³-hybridized carbons (Fsp3) is 0.250. The van der Waals surface area contributed by atoms with Crippen LogP contribution in [0.4, 0.5) is 0 Å². The van der Waals surface area contributed by atoms with Gasteiger partial charge in [-0.1, -0.05) is 6.07 Å². The van der Waals surface area contributed by atoms with E-state index in [9.17, 15) is 9.90 Å². The summed E-state index contributed by atoms with van der Waals surface area (Å²) in [5.41, 5.74) is 2.89. The van der Waals surface area contributed by atoms with E-state index in [1.165, 1.54) is 41.6 Å². The topological polar surface area (TPSA) is 102 Å². The van der Waals surface area contributed by atoms with E-state index >= 15 is 0 Å². The molecular weight excluding hydrogens is 480 g/mol. The summed E-state index contributed by atoms with van der Waals surface area (Å²) in [7, 11) is 10.6. The maximum absolute atomic E-state index is 11.7. The number of benzene rings is 3. The Morgan fingerprint density at radius 1 is 0.595 bits per heavy atom. The van der Waals surface area contributed by atoms with Crippen molar-refractivity contribution in [3.05, 3.63) is 64.7 Å². The van der Waals surface area contributed by atoms with Crippen LogP contribution in [0.25, 0.3) is 11.6 Å². The average Bonchev–Trinajstić information content (AvgIpc) is 2.93. The van der Waals surface area contributed by atoms with Gasteiger partial charge in [0, 0.05) is 0 Å². The van der Waals surface area contributed by atoms with Crippen molar-refractivity contribution in [3.63, 3.8) is 0 Å². The van der Waals surface area contributed by atoms with Gasteiger partial charge in [-0.05, 0) is 64.7 Å². The van der Waals surface area contributed by atoms with Gasteiger partial charge in [0.05, 0.1) is 49.8 Å². The Kier molecular flexibility index (Phi) is 8.73. The number of carboxylic acids is 1. The van der Waals surface area contributed by atoms with Crippen molar-refractivity contribution < 1.29 is 43.1 Å². The van der Waals surface area contributed by atoms with Gasteiger partial charge >= 0.3 is 5.97 Å². The highest BCUT2D eigenvalue weighted by Gasteiger charge is 2.20. The molecule has 3 rings (SSSR count). The van der Waals surface area contributed by atoms with E-state index in [0.29, 0.717) is 51.2 Å². The molecule has 0 unspecified atom stereocenters. The van der Waals surface area contributed by atoms with Crippen LogP contribution in [0, 0.1) is 0 Å². The third-order valence-electron chi connectivity index (χ3n) is 5.72. The number of rotatable bonds is 11. The SMILES string of the molecule is COc1cc(/C(=C/c2cc(OC)c(OC)c(OC)c2)c2cc(OC)c(OC)c(OC)c2)ccc1C(=O)O. The summed E-state index contributed by atoms with van der Waals surface area (Å²) < 4.78 is 38.5. The quantitative estimate of drug-likeness (QED) is 0.356. The van der Waals surface area contributed by atoms with Crippen molar-refractivity contribution in [2.24, 2.45) is 0 Å². The van der Waals surface area contributed by atoms with E-state index in [4.69, 9.17) is 33.2 Å². The number of carbonyl (C=O) groups is 1. The number of carboxylic acid groups (broad SMARTS) is 1. The highest BCUT2D eigenvalue weighted by Crippen LogP contribution is 2.43. The largest absolute Gasteiger partial charge is 0.496 e. The third kappa shape index (κ3) is 5.50. The van der Waals surface area contributed by atoms with Gasteiger partial charge in [0.15, 0.2) is 23.0 Å². The van der Waals surface area contributed by atoms with Crippen LogP contribution in [-0.4, -0.2) is 60.8 Å². The minimum absolute atomic E-state index is 0.0447. The molecule has 0 saturated heterocycles. The van der Waals surface area contributed by atoms with E-state index in [-0.39, 0.29) is 11.3 Å². The van der Waals surface area contributed by atoms with Crippen LogP contribution in [-0.2, 0) is 0 Å². The number of hydrogen-bond acceptors (Lipinski definition) is 8. The van der Waals surface area contributed by atoms with Gasteiger partial charge in [0.25, 0.3) is 0 Å². The minimum atomic E-state index is -1.09. The molecule has 3 aromatic carbocycles. The first kappa shape index (κ1) is 27.1. The fourth-order valence-electron chi connectivity index (χ4n) is 3.96. The second-order valence-corrected chi connectivity index (χ2v) is 7.65. The van der Waals surface area contributed by atoms with Crippen molar-refractivity contribution in [2.45, 2.75) is 0 Å². The monoisotopic (exact) mass is 510 g/mol. The lowest BCUT2D eigenvalue weighted by molar-refractivity contribution is 0.0693. The molecule has 0 bridgehead atoms. The Bertz CT molecular complexity index is 1260. The molecule has 0 aliphatic heterocycles. The van der Waals surface area contributed by atoms with Crippen LogP contribution < -0.4 is 33.2 Å². The zero-order valence-corrected chi connectivity index (χ0v) is 21.8. The second kappa shape index (κ2) is 11.9. The Morgan fingerprint density at radius 3 is 1.43 bits per heavy atom. The second-order valence-electron chi connectivity index (χ2n) is 7.65. The molecule has 0 aromatic heterocycles. The van der Waals surface area contributed by atoms with Crippen molar-refractivity contribution in [3.8, 4) is 40.2 Å². The van der Waals surface area contributed by atoms with Crippen LogP contribution in [0.2, 0.25) is 0 Å². The van der Waals surface area contributed by atoms with E-state index in [1.54, 1.807) is 26.4 Å². The standard InChI is InChI=1S/C28H30O9/c1-31-21-13-17(8-9-19(21)28(29)30)20(18-14-24(34-4)27(37-7)25(15-18)35-5)10-16-11-22(32-2)26(36-6)23(12-16)33-3/h8-15H,1-7H3,(H,29,30)/b20-10-. The highest BCUT2D eigenvalue weighted by molar-refractivity contribution is 5.96. The summed E-state index contributed by atoms with van der Waals surface area (Å²) in [6.07, 6.45) is 1.90. The number of hydrogen-bond donors (Lipinski definition) is 1. The molecule has 0 aliphatic rings. The molecule has 196 valence electrons.